The van der Waals surface area contributed by atoms with Gasteiger partial charge in [0.2, 0.25) is 0 Å². The fourth-order valence-corrected chi connectivity index (χ4v) is 2.74. The number of hydrogen-bond acceptors (Lipinski definition) is 2. The van der Waals surface area contributed by atoms with Crippen LogP contribution in [0.1, 0.15) is 30.7 Å². The average molecular weight is 260 g/mol. The lowest BCUT2D eigenvalue weighted by atomic mass is 10.0. The lowest BCUT2D eigenvalue weighted by molar-refractivity contribution is 0.308. The third-order valence-corrected chi connectivity index (χ3v) is 4.03. The van der Waals surface area contributed by atoms with Crippen LogP contribution < -0.4 is 0 Å². The van der Waals surface area contributed by atoms with Gasteiger partial charge in [0.05, 0.1) is 5.52 Å². The minimum absolute atomic E-state index is 0.388. The van der Waals surface area contributed by atoms with Crippen molar-refractivity contribution < 1.29 is 5.11 Å². The van der Waals surface area contributed by atoms with Crippen molar-refractivity contribution in [3.63, 3.8) is 0 Å². The summed E-state index contributed by atoms with van der Waals surface area (Å²) in [6.07, 6.45) is 0.977. The summed E-state index contributed by atoms with van der Waals surface area (Å²) in [5.74, 6) is 0.388. The first kappa shape index (κ1) is 13.9. The zero-order chi connectivity index (χ0) is 14.0. The highest BCUT2D eigenvalue weighted by molar-refractivity contribution is 5.92. The molecule has 0 fully saturated rings. The molecule has 0 aliphatic rings. The molecule has 3 heteroatoms. The molecule has 2 N–H and O–H groups in total. The molecule has 0 radical (unpaired) electrons. The predicted octanol–water partition coefficient (Wildman–Crippen LogP) is 3.37. The Balaban J connectivity index is 2.37. The largest absolute Gasteiger partial charge is 0.507 e. The van der Waals surface area contributed by atoms with Crippen LogP contribution in [0.3, 0.4) is 0 Å². The summed E-state index contributed by atoms with van der Waals surface area (Å²) in [5.41, 5.74) is 4.69. The number of aromatic hydroxyl groups is 1. The van der Waals surface area contributed by atoms with Gasteiger partial charge in [0, 0.05) is 17.6 Å². The van der Waals surface area contributed by atoms with Gasteiger partial charge in [-0.05, 0) is 50.6 Å². The first-order chi connectivity index (χ1) is 9.08. The van der Waals surface area contributed by atoms with Gasteiger partial charge in [0.25, 0.3) is 0 Å². The summed E-state index contributed by atoms with van der Waals surface area (Å²) in [4.78, 5) is 5.83. The van der Waals surface area contributed by atoms with Gasteiger partial charge in [-0.25, -0.2) is 0 Å². The van der Waals surface area contributed by atoms with E-state index in [-0.39, 0.29) is 0 Å². The Bertz CT molecular complexity index is 568. The zero-order valence-corrected chi connectivity index (χ0v) is 12.4. The molecular formula is C16H24N2O. The lowest BCUT2D eigenvalue weighted by Crippen LogP contribution is -2.25. The van der Waals surface area contributed by atoms with Crippen LogP contribution in [0.15, 0.2) is 12.1 Å². The van der Waals surface area contributed by atoms with Gasteiger partial charge in [-0.2, -0.15) is 0 Å². The number of rotatable bonds is 5. The van der Waals surface area contributed by atoms with E-state index in [4.69, 9.17) is 0 Å². The summed E-state index contributed by atoms with van der Waals surface area (Å²) in [6.45, 7) is 11.7. The Morgan fingerprint density at radius 1 is 1.16 bits per heavy atom. The highest BCUT2D eigenvalue weighted by Gasteiger charge is 2.14. The van der Waals surface area contributed by atoms with E-state index < -0.39 is 0 Å². The van der Waals surface area contributed by atoms with E-state index in [1.54, 1.807) is 6.07 Å². The molecule has 0 aliphatic carbocycles. The van der Waals surface area contributed by atoms with Gasteiger partial charge >= 0.3 is 0 Å². The highest BCUT2D eigenvalue weighted by Crippen LogP contribution is 2.32. The van der Waals surface area contributed by atoms with E-state index in [1.807, 2.05) is 6.07 Å². The number of fused-ring (bicyclic) bond motifs is 1. The summed E-state index contributed by atoms with van der Waals surface area (Å²) in [6, 6.07) is 3.76. The fourth-order valence-electron chi connectivity index (χ4n) is 2.74. The maximum absolute atomic E-state index is 10.1. The van der Waals surface area contributed by atoms with E-state index in [2.05, 4.69) is 37.6 Å². The second kappa shape index (κ2) is 5.66. The van der Waals surface area contributed by atoms with E-state index >= 15 is 0 Å². The second-order valence-electron chi connectivity index (χ2n) is 5.16. The third kappa shape index (κ3) is 2.61. The molecule has 0 unspecified atom stereocenters. The molecule has 1 aromatic heterocycles. The standard InChI is InChI=1S/C16H24N2O/c1-5-18(6-2)10-9-13-12(4)17-16-11(3)7-8-14(19)15(13)16/h7-8,17,19H,5-6,9-10H2,1-4H3. The number of nitrogens with one attached hydrogen (secondary N) is 1. The van der Waals surface area contributed by atoms with Crippen LogP contribution in [0, 0.1) is 13.8 Å². The van der Waals surface area contributed by atoms with Crippen LogP contribution in [0.5, 0.6) is 5.75 Å². The number of hydrogen-bond donors (Lipinski definition) is 2. The van der Waals surface area contributed by atoms with E-state index in [9.17, 15) is 5.11 Å². The second-order valence-corrected chi connectivity index (χ2v) is 5.16. The topological polar surface area (TPSA) is 39.3 Å². The van der Waals surface area contributed by atoms with E-state index in [0.717, 1.165) is 37.0 Å². The lowest BCUT2D eigenvalue weighted by Gasteiger charge is -2.17. The number of aryl methyl sites for hydroxylation is 2. The molecule has 2 aromatic rings. The van der Waals surface area contributed by atoms with Crippen molar-refractivity contribution in [1.82, 2.24) is 9.88 Å². The molecule has 1 heterocycles. The Hall–Kier alpha value is -1.48. The molecule has 19 heavy (non-hydrogen) atoms. The summed E-state index contributed by atoms with van der Waals surface area (Å²) < 4.78 is 0. The predicted molar refractivity (Wildman–Crippen MR) is 80.9 cm³/mol. The maximum Gasteiger partial charge on any atom is 0.125 e. The van der Waals surface area contributed by atoms with E-state index in [1.165, 1.54) is 16.8 Å². The highest BCUT2D eigenvalue weighted by atomic mass is 16.3. The van der Waals surface area contributed by atoms with Crippen LogP contribution in [0.25, 0.3) is 10.9 Å². The normalized spacial score (nSPS) is 11.6. The van der Waals surface area contributed by atoms with Crippen molar-refractivity contribution in [2.75, 3.05) is 19.6 Å². The van der Waals surface area contributed by atoms with Gasteiger partial charge in [0.1, 0.15) is 5.75 Å². The van der Waals surface area contributed by atoms with Crippen LogP contribution in [-0.4, -0.2) is 34.6 Å². The maximum atomic E-state index is 10.1. The van der Waals surface area contributed by atoms with Crippen LogP contribution in [0.4, 0.5) is 0 Å². The van der Waals surface area contributed by atoms with Crippen LogP contribution >= 0.6 is 0 Å². The molecule has 3 nitrogen and oxygen atoms in total. The number of benzene rings is 1. The van der Waals surface area contributed by atoms with Crippen molar-refractivity contribution >= 4 is 10.9 Å². The van der Waals surface area contributed by atoms with Crippen LogP contribution in [-0.2, 0) is 6.42 Å². The van der Waals surface area contributed by atoms with Gasteiger partial charge in [-0.15, -0.1) is 0 Å². The Morgan fingerprint density at radius 3 is 2.47 bits per heavy atom. The summed E-state index contributed by atoms with van der Waals surface area (Å²) in [5, 5.41) is 11.1. The number of nitrogens with zero attached hydrogens (tertiary/aromatic N) is 1. The molecule has 1 aromatic carbocycles. The first-order valence-corrected chi connectivity index (χ1v) is 7.10. The molecular weight excluding hydrogens is 236 g/mol. The SMILES string of the molecule is CCN(CC)CCc1c(C)[nH]c2c(C)ccc(O)c12. The van der Waals surface area contributed by atoms with Crippen molar-refractivity contribution in [3.8, 4) is 5.75 Å². The molecule has 0 atom stereocenters. The third-order valence-electron chi connectivity index (χ3n) is 4.03. The number of phenolic OH excluding ortho intramolecular Hbond substituents is 1. The number of aromatic amines is 1. The molecule has 2 rings (SSSR count). The molecule has 0 saturated carbocycles. The minimum Gasteiger partial charge on any atom is -0.507 e. The Morgan fingerprint density at radius 2 is 1.84 bits per heavy atom. The van der Waals surface area contributed by atoms with Crippen LogP contribution in [0.2, 0.25) is 0 Å². The van der Waals surface area contributed by atoms with Gasteiger partial charge in [0.15, 0.2) is 0 Å². The Kier molecular flexibility index (Phi) is 4.15. The van der Waals surface area contributed by atoms with Gasteiger partial charge < -0.3 is 15.0 Å². The number of aromatic nitrogens is 1. The van der Waals surface area contributed by atoms with Gasteiger partial charge in [-0.3, -0.25) is 0 Å². The van der Waals surface area contributed by atoms with Crippen molar-refractivity contribution in [2.45, 2.75) is 34.1 Å². The summed E-state index contributed by atoms with van der Waals surface area (Å²) in [7, 11) is 0. The minimum atomic E-state index is 0.388. The zero-order valence-electron chi connectivity index (χ0n) is 12.4. The molecule has 0 amide bonds. The number of H-pyrrole nitrogens is 1. The van der Waals surface area contributed by atoms with Crippen molar-refractivity contribution in [1.29, 1.82) is 0 Å². The van der Waals surface area contributed by atoms with Gasteiger partial charge in [-0.1, -0.05) is 19.9 Å². The number of phenols is 1. The molecule has 0 aliphatic heterocycles. The number of likely N-dealkylation sites (N-methyl/N-ethyl adjacent to an activating group) is 1. The monoisotopic (exact) mass is 260 g/mol. The molecule has 104 valence electrons. The quantitative estimate of drug-likeness (QED) is 0.865. The first-order valence-electron chi connectivity index (χ1n) is 7.10. The fraction of sp³-hybridized carbons (Fsp3) is 0.500. The molecule has 0 spiro atoms. The van der Waals surface area contributed by atoms with E-state index in [0.29, 0.717) is 5.75 Å². The Labute approximate surface area is 115 Å². The molecule has 0 bridgehead atoms. The summed E-state index contributed by atoms with van der Waals surface area (Å²) >= 11 is 0. The smallest absolute Gasteiger partial charge is 0.125 e. The van der Waals surface area contributed by atoms with Crippen molar-refractivity contribution in [2.24, 2.45) is 0 Å². The molecule has 0 saturated heterocycles. The average Bonchev–Trinajstić information content (AvgIpc) is 2.74. The van der Waals surface area contributed by atoms with Crippen molar-refractivity contribution in [3.05, 3.63) is 29.0 Å².